The van der Waals surface area contributed by atoms with Gasteiger partial charge in [-0.15, -0.1) is 0 Å². The summed E-state index contributed by atoms with van der Waals surface area (Å²) < 4.78 is 0. The van der Waals surface area contributed by atoms with Crippen LogP contribution in [0, 0.1) is 17.8 Å². The lowest BCUT2D eigenvalue weighted by atomic mass is 9.84. The highest BCUT2D eigenvalue weighted by atomic mass is 16.4. The summed E-state index contributed by atoms with van der Waals surface area (Å²) in [6.07, 6.45) is 3.44. The first-order chi connectivity index (χ1) is 7.04. The maximum absolute atomic E-state index is 11.6. The van der Waals surface area contributed by atoms with Gasteiger partial charge < -0.3 is 5.11 Å². The third kappa shape index (κ3) is 3.33. The Labute approximate surface area is 90.9 Å². The molecule has 0 aliphatic heterocycles. The van der Waals surface area contributed by atoms with E-state index in [0.717, 1.165) is 19.3 Å². The minimum absolute atomic E-state index is 0.0102. The molecular formula is C12H20O3. The van der Waals surface area contributed by atoms with Crippen LogP contribution in [0.1, 0.15) is 46.0 Å². The molecule has 0 spiro atoms. The van der Waals surface area contributed by atoms with E-state index < -0.39 is 5.97 Å². The third-order valence-corrected chi connectivity index (χ3v) is 3.53. The van der Waals surface area contributed by atoms with E-state index in [1.165, 1.54) is 0 Å². The van der Waals surface area contributed by atoms with E-state index in [1.807, 2.05) is 0 Å². The van der Waals surface area contributed by atoms with E-state index in [-0.39, 0.29) is 24.0 Å². The number of aliphatic carboxylic acids is 1. The Hall–Kier alpha value is -0.860. The van der Waals surface area contributed by atoms with Crippen LogP contribution in [0.2, 0.25) is 0 Å². The van der Waals surface area contributed by atoms with Crippen LogP contribution in [0.3, 0.4) is 0 Å². The smallest absolute Gasteiger partial charge is 0.303 e. The Bertz CT molecular complexity index is 247. The van der Waals surface area contributed by atoms with Crippen molar-refractivity contribution in [1.82, 2.24) is 0 Å². The molecule has 0 saturated heterocycles. The monoisotopic (exact) mass is 212 g/mol. The lowest BCUT2D eigenvalue weighted by molar-refractivity contribution is -0.138. The molecule has 3 unspecified atom stereocenters. The fraction of sp³-hybridized carbons (Fsp3) is 0.833. The zero-order valence-corrected chi connectivity index (χ0v) is 9.53. The summed E-state index contributed by atoms with van der Waals surface area (Å²) in [6, 6.07) is 0. The molecule has 0 amide bonds. The van der Waals surface area contributed by atoms with Crippen molar-refractivity contribution in [2.75, 3.05) is 0 Å². The summed E-state index contributed by atoms with van der Waals surface area (Å²) in [4.78, 5) is 22.3. The first kappa shape index (κ1) is 12.2. The molecule has 0 aromatic carbocycles. The van der Waals surface area contributed by atoms with Gasteiger partial charge in [0.15, 0.2) is 0 Å². The summed E-state index contributed by atoms with van der Waals surface area (Å²) in [5.41, 5.74) is 0. The molecule has 1 fully saturated rings. The molecule has 0 radical (unpaired) electrons. The number of Topliss-reactive ketones (excluding diaryl/α,β-unsaturated/α-hetero) is 1. The molecule has 1 rings (SSSR count). The van der Waals surface area contributed by atoms with Crippen LogP contribution in [0.25, 0.3) is 0 Å². The van der Waals surface area contributed by atoms with E-state index in [4.69, 9.17) is 5.11 Å². The van der Waals surface area contributed by atoms with Crippen molar-refractivity contribution in [3.63, 3.8) is 0 Å². The average Bonchev–Trinajstić information content (AvgIpc) is 2.49. The van der Waals surface area contributed by atoms with Crippen LogP contribution in [0.4, 0.5) is 0 Å². The molecule has 0 heterocycles. The number of carboxylic acid groups (broad SMARTS) is 1. The van der Waals surface area contributed by atoms with E-state index in [0.29, 0.717) is 12.3 Å². The second kappa shape index (κ2) is 5.29. The van der Waals surface area contributed by atoms with E-state index >= 15 is 0 Å². The Kier molecular flexibility index (Phi) is 4.30. The molecule has 0 aromatic rings. The normalized spacial score (nSPS) is 28.0. The summed E-state index contributed by atoms with van der Waals surface area (Å²) in [5.74, 6) is 0.124. The predicted octanol–water partition coefficient (Wildman–Crippen LogP) is 2.49. The molecule has 86 valence electrons. The number of carboxylic acids is 1. The van der Waals surface area contributed by atoms with Crippen LogP contribution in [-0.2, 0) is 9.59 Å². The predicted molar refractivity (Wildman–Crippen MR) is 57.5 cm³/mol. The van der Waals surface area contributed by atoms with Gasteiger partial charge in [0.25, 0.3) is 0 Å². The van der Waals surface area contributed by atoms with Crippen molar-refractivity contribution in [2.24, 2.45) is 17.8 Å². The van der Waals surface area contributed by atoms with E-state index in [9.17, 15) is 9.59 Å². The van der Waals surface area contributed by atoms with Gasteiger partial charge in [-0.1, -0.05) is 20.3 Å². The number of carbonyl (C=O) groups is 2. The molecule has 0 aromatic heterocycles. The summed E-state index contributed by atoms with van der Waals surface area (Å²) >= 11 is 0. The zero-order valence-electron chi connectivity index (χ0n) is 9.53. The van der Waals surface area contributed by atoms with Gasteiger partial charge in [-0.25, -0.2) is 0 Å². The van der Waals surface area contributed by atoms with Crippen molar-refractivity contribution < 1.29 is 14.7 Å². The minimum Gasteiger partial charge on any atom is -0.481 e. The Morgan fingerprint density at radius 3 is 2.80 bits per heavy atom. The van der Waals surface area contributed by atoms with Crippen LogP contribution in [-0.4, -0.2) is 16.9 Å². The Morgan fingerprint density at radius 1 is 1.60 bits per heavy atom. The van der Waals surface area contributed by atoms with Gasteiger partial charge in [-0.3, -0.25) is 9.59 Å². The lowest BCUT2D eigenvalue weighted by Crippen LogP contribution is -2.20. The first-order valence-electron chi connectivity index (χ1n) is 5.79. The van der Waals surface area contributed by atoms with Crippen LogP contribution >= 0.6 is 0 Å². The largest absolute Gasteiger partial charge is 0.481 e. The average molecular weight is 212 g/mol. The fourth-order valence-electron chi connectivity index (χ4n) is 2.37. The van der Waals surface area contributed by atoms with Crippen molar-refractivity contribution in [3.05, 3.63) is 0 Å². The van der Waals surface area contributed by atoms with Gasteiger partial charge in [-0.2, -0.15) is 0 Å². The number of carbonyl (C=O) groups excluding carboxylic acids is 1. The minimum atomic E-state index is -0.774. The summed E-state index contributed by atoms with van der Waals surface area (Å²) in [6.45, 7) is 4.24. The number of rotatable bonds is 5. The maximum atomic E-state index is 11.6. The fourth-order valence-corrected chi connectivity index (χ4v) is 2.37. The topological polar surface area (TPSA) is 54.4 Å². The second-order valence-electron chi connectivity index (χ2n) is 4.72. The number of ketones is 1. The quantitative estimate of drug-likeness (QED) is 0.761. The molecule has 3 heteroatoms. The van der Waals surface area contributed by atoms with Crippen molar-refractivity contribution in [3.8, 4) is 0 Å². The molecule has 0 bridgehead atoms. The van der Waals surface area contributed by atoms with Crippen molar-refractivity contribution >= 4 is 11.8 Å². The van der Waals surface area contributed by atoms with Gasteiger partial charge in [0.05, 0.1) is 0 Å². The van der Waals surface area contributed by atoms with Crippen LogP contribution in [0.5, 0.6) is 0 Å². The highest BCUT2D eigenvalue weighted by Crippen LogP contribution is 2.36. The molecule has 1 saturated carbocycles. The lowest BCUT2D eigenvalue weighted by Gasteiger charge is -2.19. The van der Waals surface area contributed by atoms with Crippen LogP contribution < -0.4 is 0 Å². The Balaban J connectivity index is 2.56. The molecule has 3 nitrogen and oxygen atoms in total. The standard InChI is InChI=1S/C12H20O3/c1-3-8(2)6-10-9(7-12(14)15)4-5-11(10)13/h8-10H,3-7H2,1-2H3,(H,14,15). The molecule has 1 aliphatic rings. The third-order valence-electron chi connectivity index (χ3n) is 3.53. The number of hydrogen-bond acceptors (Lipinski definition) is 2. The van der Waals surface area contributed by atoms with Gasteiger partial charge in [0.2, 0.25) is 0 Å². The van der Waals surface area contributed by atoms with E-state index in [1.54, 1.807) is 0 Å². The highest BCUT2D eigenvalue weighted by Gasteiger charge is 2.36. The number of hydrogen-bond donors (Lipinski definition) is 1. The van der Waals surface area contributed by atoms with Crippen molar-refractivity contribution in [1.29, 1.82) is 0 Å². The SMILES string of the molecule is CCC(C)CC1C(=O)CCC1CC(=O)O. The van der Waals surface area contributed by atoms with Gasteiger partial charge in [0.1, 0.15) is 5.78 Å². The molecule has 1 aliphatic carbocycles. The van der Waals surface area contributed by atoms with Gasteiger partial charge in [-0.05, 0) is 24.7 Å². The van der Waals surface area contributed by atoms with Crippen LogP contribution in [0.15, 0.2) is 0 Å². The molecular weight excluding hydrogens is 192 g/mol. The molecule has 3 atom stereocenters. The zero-order chi connectivity index (χ0) is 11.4. The molecule has 1 N–H and O–H groups in total. The van der Waals surface area contributed by atoms with Gasteiger partial charge >= 0.3 is 5.97 Å². The van der Waals surface area contributed by atoms with Crippen molar-refractivity contribution in [2.45, 2.75) is 46.0 Å². The maximum Gasteiger partial charge on any atom is 0.303 e. The van der Waals surface area contributed by atoms with Gasteiger partial charge in [0, 0.05) is 18.8 Å². The summed E-state index contributed by atoms with van der Waals surface area (Å²) in [5, 5.41) is 8.76. The first-order valence-corrected chi connectivity index (χ1v) is 5.79. The highest BCUT2D eigenvalue weighted by molar-refractivity contribution is 5.84. The Morgan fingerprint density at radius 2 is 2.27 bits per heavy atom. The van der Waals surface area contributed by atoms with E-state index in [2.05, 4.69) is 13.8 Å². The summed E-state index contributed by atoms with van der Waals surface area (Å²) in [7, 11) is 0. The second-order valence-corrected chi connectivity index (χ2v) is 4.72. The molecule has 15 heavy (non-hydrogen) atoms.